The molecule has 4 heteroatoms. The first-order chi connectivity index (χ1) is 8.22. The Morgan fingerprint density at radius 2 is 1.83 bits per heavy atom. The van der Waals surface area contributed by atoms with E-state index in [-0.39, 0.29) is 36.2 Å². The molecule has 3 atom stereocenters. The Kier molecular flexibility index (Phi) is 6.06. The fourth-order valence-corrected chi connectivity index (χ4v) is 2.88. The van der Waals surface area contributed by atoms with Crippen LogP contribution in [-0.2, 0) is 0 Å². The lowest BCUT2D eigenvalue weighted by Gasteiger charge is -2.34. The molecule has 0 spiro atoms. The number of aliphatic hydroxyl groups is 1. The number of hydrogen-bond donors (Lipinski definition) is 2. The lowest BCUT2D eigenvalue weighted by atomic mass is 9.75. The van der Waals surface area contributed by atoms with Crippen LogP contribution in [0, 0.1) is 11.7 Å². The zero-order chi connectivity index (χ0) is 12.3. The zero-order valence-corrected chi connectivity index (χ0v) is 11.2. The third-order valence-corrected chi connectivity index (χ3v) is 3.85. The van der Waals surface area contributed by atoms with E-state index in [0.717, 1.165) is 31.2 Å². The zero-order valence-electron chi connectivity index (χ0n) is 10.4. The van der Waals surface area contributed by atoms with Gasteiger partial charge in [-0.2, -0.15) is 0 Å². The van der Waals surface area contributed by atoms with Gasteiger partial charge in [0.1, 0.15) is 5.82 Å². The molecule has 18 heavy (non-hydrogen) atoms. The van der Waals surface area contributed by atoms with E-state index < -0.39 is 0 Å². The molecule has 0 aliphatic heterocycles. The van der Waals surface area contributed by atoms with Crippen LogP contribution in [-0.4, -0.2) is 17.8 Å². The van der Waals surface area contributed by atoms with Gasteiger partial charge in [-0.15, -0.1) is 12.4 Å². The van der Waals surface area contributed by atoms with Gasteiger partial charge in [-0.05, 0) is 43.0 Å². The van der Waals surface area contributed by atoms with E-state index in [4.69, 9.17) is 5.73 Å². The molecule has 3 N–H and O–H groups in total. The van der Waals surface area contributed by atoms with E-state index in [1.54, 1.807) is 12.1 Å². The highest BCUT2D eigenvalue weighted by Crippen LogP contribution is 2.35. The summed E-state index contributed by atoms with van der Waals surface area (Å²) in [6.45, 7) is 0.507. The maximum Gasteiger partial charge on any atom is 0.123 e. The standard InChI is InChI=1S/C14H20FNO.ClH/c15-11-7-5-10(6-8-11)13(9-16)12-3-1-2-4-14(12)17;/h5-8,12-14,17H,1-4,9,16H2;1H/t12?,13-,14-;/m0./s1. The Morgan fingerprint density at radius 3 is 2.39 bits per heavy atom. The van der Waals surface area contributed by atoms with E-state index in [9.17, 15) is 9.50 Å². The van der Waals surface area contributed by atoms with Crippen LogP contribution >= 0.6 is 12.4 Å². The molecule has 102 valence electrons. The smallest absolute Gasteiger partial charge is 0.123 e. The highest BCUT2D eigenvalue weighted by molar-refractivity contribution is 5.85. The van der Waals surface area contributed by atoms with Gasteiger partial charge < -0.3 is 10.8 Å². The molecule has 1 saturated carbocycles. The van der Waals surface area contributed by atoms with Crippen molar-refractivity contribution in [2.75, 3.05) is 6.54 Å². The fraction of sp³-hybridized carbons (Fsp3) is 0.571. The molecule has 1 aromatic carbocycles. The maximum atomic E-state index is 12.9. The molecule has 1 aliphatic rings. The Morgan fingerprint density at radius 1 is 1.22 bits per heavy atom. The first kappa shape index (κ1) is 15.4. The Balaban J connectivity index is 0.00000162. The van der Waals surface area contributed by atoms with Crippen molar-refractivity contribution in [3.8, 4) is 0 Å². The van der Waals surface area contributed by atoms with Crippen LogP contribution in [0.25, 0.3) is 0 Å². The number of nitrogens with two attached hydrogens (primary N) is 1. The minimum absolute atomic E-state index is 0. The van der Waals surface area contributed by atoms with Gasteiger partial charge in [0.25, 0.3) is 0 Å². The molecular weight excluding hydrogens is 253 g/mol. The first-order valence-electron chi connectivity index (χ1n) is 6.36. The van der Waals surface area contributed by atoms with E-state index in [0.29, 0.717) is 6.54 Å². The van der Waals surface area contributed by atoms with Crippen LogP contribution in [0.2, 0.25) is 0 Å². The Bertz CT molecular complexity index is 357. The molecule has 1 aromatic rings. The SMILES string of the molecule is Cl.NC[C@@H](c1ccc(F)cc1)C1CCCC[C@@H]1O. The average molecular weight is 274 g/mol. The van der Waals surface area contributed by atoms with Crippen molar-refractivity contribution < 1.29 is 9.50 Å². The topological polar surface area (TPSA) is 46.2 Å². The number of aliphatic hydroxyl groups excluding tert-OH is 1. The van der Waals surface area contributed by atoms with Crippen LogP contribution in [0.1, 0.15) is 37.2 Å². The lowest BCUT2D eigenvalue weighted by Crippen LogP contribution is -2.33. The van der Waals surface area contributed by atoms with E-state index in [1.807, 2.05) is 0 Å². The number of benzene rings is 1. The van der Waals surface area contributed by atoms with Crippen LogP contribution in [0.15, 0.2) is 24.3 Å². The molecule has 0 saturated heterocycles. The molecular formula is C14H21ClFNO. The molecule has 1 aliphatic carbocycles. The van der Waals surface area contributed by atoms with E-state index in [1.165, 1.54) is 12.1 Å². The van der Waals surface area contributed by atoms with E-state index >= 15 is 0 Å². The predicted molar refractivity (Wildman–Crippen MR) is 73.4 cm³/mol. The van der Waals surface area contributed by atoms with Gasteiger partial charge in [-0.1, -0.05) is 25.0 Å². The van der Waals surface area contributed by atoms with Gasteiger partial charge in [0.15, 0.2) is 0 Å². The molecule has 0 bridgehead atoms. The molecule has 2 nitrogen and oxygen atoms in total. The van der Waals surface area contributed by atoms with Crippen molar-refractivity contribution in [3.05, 3.63) is 35.6 Å². The van der Waals surface area contributed by atoms with Crippen molar-refractivity contribution >= 4 is 12.4 Å². The second-order valence-corrected chi connectivity index (χ2v) is 4.91. The van der Waals surface area contributed by atoms with Gasteiger partial charge in [0, 0.05) is 5.92 Å². The monoisotopic (exact) mass is 273 g/mol. The van der Waals surface area contributed by atoms with Crippen molar-refractivity contribution in [3.63, 3.8) is 0 Å². The second-order valence-electron chi connectivity index (χ2n) is 4.91. The van der Waals surface area contributed by atoms with Crippen molar-refractivity contribution in [2.45, 2.75) is 37.7 Å². The van der Waals surface area contributed by atoms with Crippen LogP contribution in [0.4, 0.5) is 4.39 Å². The number of hydrogen-bond acceptors (Lipinski definition) is 2. The molecule has 1 fully saturated rings. The normalized spacial score (nSPS) is 25.3. The Hall–Kier alpha value is -0.640. The highest BCUT2D eigenvalue weighted by Gasteiger charge is 2.30. The minimum atomic E-state index is -0.262. The molecule has 1 unspecified atom stereocenters. The number of halogens is 2. The summed E-state index contributed by atoms with van der Waals surface area (Å²) in [6, 6.07) is 6.50. The number of rotatable bonds is 3. The van der Waals surface area contributed by atoms with Gasteiger partial charge in [0.2, 0.25) is 0 Å². The van der Waals surface area contributed by atoms with Crippen LogP contribution in [0.3, 0.4) is 0 Å². The van der Waals surface area contributed by atoms with Gasteiger partial charge >= 0.3 is 0 Å². The first-order valence-corrected chi connectivity index (χ1v) is 6.36. The van der Waals surface area contributed by atoms with Crippen LogP contribution < -0.4 is 5.73 Å². The largest absolute Gasteiger partial charge is 0.393 e. The quantitative estimate of drug-likeness (QED) is 0.890. The fourth-order valence-electron chi connectivity index (χ4n) is 2.88. The maximum absolute atomic E-state index is 12.9. The summed E-state index contributed by atoms with van der Waals surface area (Å²) in [5.74, 6) is 0.138. The second kappa shape index (κ2) is 7.07. The summed E-state index contributed by atoms with van der Waals surface area (Å²) in [7, 11) is 0. The van der Waals surface area contributed by atoms with Gasteiger partial charge in [-0.3, -0.25) is 0 Å². The molecule has 2 rings (SSSR count). The molecule has 0 radical (unpaired) electrons. The molecule has 0 heterocycles. The summed E-state index contributed by atoms with van der Waals surface area (Å²) in [4.78, 5) is 0. The third-order valence-electron chi connectivity index (χ3n) is 3.85. The Labute approximate surface area is 114 Å². The van der Waals surface area contributed by atoms with Crippen molar-refractivity contribution in [1.82, 2.24) is 0 Å². The van der Waals surface area contributed by atoms with Gasteiger partial charge in [0.05, 0.1) is 6.10 Å². The average Bonchev–Trinajstić information content (AvgIpc) is 2.35. The predicted octanol–water partition coefficient (Wildman–Crippen LogP) is 2.84. The summed E-state index contributed by atoms with van der Waals surface area (Å²) in [5.41, 5.74) is 6.87. The van der Waals surface area contributed by atoms with Crippen molar-refractivity contribution in [2.24, 2.45) is 11.7 Å². The molecule has 0 amide bonds. The highest BCUT2D eigenvalue weighted by atomic mass is 35.5. The van der Waals surface area contributed by atoms with Gasteiger partial charge in [-0.25, -0.2) is 4.39 Å². The summed E-state index contributed by atoms with van der Waals surface area (Å²) >= 11 is 0. The lowest BCUT2D eigenvalue weighted by molar-refractivity contribution is 0.0561. The minimum Gasteiger partial charge on any atom is -0.393 e. The third kappa shape index (κ3) is 3.44. The summed E-state index contributed by atoms with van der Waals surface area (Å²) in [6.07, 6.45) is 3.86. The van der Waals surface area contributed by atoms with E-state index in [2.05, 4.69) is 0 Å². The van der Waals surface area contributed by atoms with Crippen molar-refractivity contribution in [1.29, 1.82) is 0 Å². The summed E-state index contributed by atoms with van der Waals surface area (Å²) in [5, 5.41) is 10.1. The van der Waals surface area contributed by atoms with Crippen LogP contribution in [0.5, 0.6) is 0 Å². The molecule has 0 aromatic heterocycles. The summed E-state index contributed by atoms with van der Waals surface area (Å²) < 4.78 is 12.9.